The fourth-order valence-electron chi connectivity index (χ4n) is 4.19. The van der Waals surface area contributed by atoms with Crippen molar-refractivity contribution in [2.75, 3.05) is 52.8 Å². The molecule has 1 N–H and O–H groups in total. The van der Waals surface area contributed by atoms with Gasteiger partial charge in [0.15, 0.2) is 0 Å². The zero-order valence-corrected chi connectivity index (χ0v) is 22.7. The Balaban J connectivity index is 1.96. The van der Waals surface area contributed by atoms with Gasteiger partial charge in [-0.1, -0.05) is 6.92 Å². The molecule has 198 valence electrons. The molecule has 0 unspecified atom stereocenters. The molecule has 1 aliphatic heterocycles. The average molecular weight is 520 g/mol. The minimum absolute atomic E-state index is 0.0833. The molecule has 1 amide bonds. The molecule has 0 radical (unpaired) electrons. The molecule has 0 spiro atoms. The number of likely N-dealkylation sites (N-methyl/N-ethyl adjacent to an activating group) is 1. The number of carbonyl (C=O) groups excluding carboxylic acids is 1. The van der Waals surface area contributed by atoms with Gasteiger partial charge >= 0.3 is 0 Å². The number of sulfonamides is 1. The van der Waals surface area contributed by atoms with E-state index in [1.807, 2.05) is 44.1 Å². The Morgan fingerprint density at radius 1 is 1.17 bits per heavy atom. The molecule has 0 saturated carbocycles. The number of benzene rings is 2. The highest BCUT2D eigenvalue weighted by Gasteiger charge is 2.33. The Hall–Kier alpha value is -2.82. The van der Waals surface area contributed by atoms with Gasteiger partial charge in [-0.3, -0.25) is 4.79 Å². The Labute approximate surface area is 214 Å². The Morgan fingerprint density at radius 2 is 1.83 bits per heavy atom. The highest BCUT2D eigenvalue weighted by Crippen LogP contribution is 2.30. The predicted octanol–water partition coefficient (Wildman–Crippen LogP) is 2.23. The van der Waals surface area contributed by atoms with Crippen molar-refractivity contribution in [1.29, 1.82) is 0 Å². The lowest BCUT2D eigenvalue weighted by molar-refractivity contribution is -0.134. The summed E-state index contributed by atoms with van der Waals surface area (Å²) in [4.78, 5) is 17.0. The monoisotopic (exact) mass is 519 g/mol. The first-order valence-corrected chi connectivity index (χ1v) is 13.4. The summed E-state index contributed by atoms with van der Waals surface area (Å²) in [5, 5.41) is 9.79. The molecule has 3 rings (SSSR count). The lowest BCUT2D eigenvalue weighted by Gasteiger charge is -2.33. The maximum Gasteiger partial charge on any atom is 0.242 e. The van der Waals surface area contributed by atoms with E-state index in [-0.39, 0.29) is 42.3 Å². The quantitative estimate of drug-likeness (QED) is 0.571. The first-order chi connectivity index (χ1) is 17.0. The van der Waals surface area contributed by atoms with Crippen LogP contribution in [0.4, 0.5) is 5.69 Å². The minimum Gasteiger partial charge on any atom is -0.497 e. The third-order valence-corrected chi connectivity index (χ3v) is 8.46. The van der Waals surface area contributed by atoms with E-state index in [1.165, 1.54) is 30.6 Å². The largest absolute Gasteiger partial charge is 0.497 e. The third kappa shape index (κ3) is 6.11. The van der Waals surface area contributed by atoms with Crippen LogP contribution >= 0.6 is 0 Å². The van der Waals surface area contributed by atoms with Crippen LogP contribution in [0, 0.1) is 5.92 Å². The van der Waals surface area contributed by atoms with Crippen molar-refractivity contribution in [2.45, 2.75) is 37.3 Å². The molecule has 0 aliphatic carbocycles. The summed E-state index contributed by atoms with van der Waals surface area (Å²) < 4.78 is 39.4. The van der Waals surface area contributed by atoms with Gasteiger partial charge in [0.1, 0.15) is 17.6 Å². The van der Waals surface area contributed by atoms with Crippen molar-refractivity contribution in [1.82, 2.24) is 9.21 Å². The second-order valence-electron chi connectivity index (χ2n) is 9.54. The first-order valence-electron chi connectivity index (χ1n) is 12.0. The van der Waals surface area contributed by atoms with Crippen LogP contribution < -0.4 is 14.4 Å². The van der Waals surface area contributed by atoms with Crippen molar-refractivity contribution >= 4 is 21.6 Å². The number of hydrogen-bond acceptors (Lipinski definition) is 7. The topological polar surface area (TPSA) is 99.6 Å². The SMILES string of the molecule is COc1ccc(S(=O)(=O)N(C)C[C@@H]2Oc3ccc(N(C)C)cc3CC(=O)N([C@@H](C)CO)C[C@@H]2C)cc1. The van der Waals surface area contributed by atoms with E-state index < -0.39 is 16.1 Å². The first kappa shape index (κ1) is 27.8. The Morgan fingerprint density at radius 3 is 2.42 bits per heavy atom. The van der Waals surface area contributed by atoms with Gasteiger partial charge in [0.2, 0.25) is 15.9 Å². The molecule has 0 saturated heterocycles. The number of carbonyl (C=O) groups is 1. The van der Waals surface area contributed by atoms with Crippen LogP contribution in [-0.4, -0.2) is 88.7 Å². The molecule has 1 aliphatic rings. The standard InChI is InChI=1S/C26H37N3O6S/c1-18-15-29(19(2)17-30)26(31)14-20-13-21(27(3)4)7-12-24(20)35-25(18)16-28(5)36(32,33)23-10-8-22(34-6)9-11-23/h7-13,18-19,25,30H,14-17H2,1-6H3/t18-,19-,25-/m0/s1. The molecule has 0 fully saturated rings. The van der Waals surface area contributed by atoms with Crippen LogP contribution in [0.2, 0.25) is 0 Å². The summed E-state index contributed by atoms with van der Waals surface area (Å²) in [6.07, 6.45) is -0.410. The van der Waals surface area contributed by atoms with E-state index in [1.54, 1.807) is 24.0 Å². The number of amides is 1. The maximum atomic E-state index is 13.3. The van der Waals surface area contributed by atoms with Gasteiger partial charge < -0.3 is 24.4 Å². The number of methoxy groups -OCH3 is 1. The molecular formula is C26H37N3O6S. The molecule has 0 aromatic heterocycles. The van der Waals surface area contributed by atoms with Crippen molar-refractivity contribution in [3.63, 3.8) is 0 Å². The maximum absolute atomic E-state index is 13.3. The van der Waals surface area contributed by atoms with Crippen LogP contribution in [0.1, 0.15) is 19.4 Å². The summed E-state index contributed by atoms with van der Waals surface area (Å²) >= 11 is 0. The summed E-state index contributed by atoms with van der Waals surface area (Å²) in [5.41, 5.74) is 1.65. The van der Waals surface area contributed by atoms with Gasteiger partial charge in [0.05, 0.1) is 37.6 Å². The number of aliphatic hydroxyl groups is 1. The second kappa shape index (κ2) is 11.5. The van der Waals surface area contributed by atoms with E-state index >= 15 is 0 Å². The summed E-state index contributed by atoms with van der Waals surface area (Å²) in [7, 11) is 3.10. The van der Waals surface area contributed by atoms with E-state index in [0.717, 1.165) is 11.3 Å². The highest BCUT2D eigenvalue weighted by atomic mass is 32.2. The van der Waals surface area contributed by atoms with E-state index in [0.29, 0.717) is 18.0 Å². The van der Waals surface area contributed by atoms with Crippen molar-refractivity contribution in [3.8, 4) is 11.5 Å². The Kier molecular flexibility index (Phi) is 8.86. The molecule has 0 bridgehead atoms. The number of rotatable bonds is 8. The van der Waals surface area contributed by atoms with Crippen LogP contribution in [0.15, 0.2) is 47.4 Å². The molecular weight excluding hydrogens is 482 g/mol. The molecule has 2 aromatic rings. The number of aliphatic hydroxyl groups excluding tert-OH is 1. The van der Waals surface area contributed by atoms with Gasteiger partial charge in [0, 0.05) is 44.9 Å². The molecule has 2 aromatic carbocycles. The number of anilines is 1. The van der Waals surface area contributed by atoms with Gasteiger partial charge in [-0.2, -0.15) is 4.31 Å². The molecule has 1 heterocycles. The van der Waals surface area contributed by atoms with Gasteiger partial charge in [-0.25, -0.2) is 8.42 Å². The van der Waals surface area contributed by atoms with Gasteiger partial charge in [-0.15, -0.1) is 0 Å². The predicted molar refractivity (Wildman–Crippen MR) is 139 cm³/mol. The summed E-state index contributed by atoms with van der Waals surface area (Å²) in [6, 6.07) is 11.5. The summed E-state index contributed by atoms with van der Waals surface area (Å²) in [6.45, 7) is 3.98. The number of fused-ring (bicyclic) bond motifs is 1. The number of ether oxygens (including phenoxy) is 2. The Bertz CT molecular complexity index is 1150. The minimum atomic E-state index is -3.79. The fourth-order valence-corrected chi connectivity index (χ4v) is 5.37. The van der Waals surface area contributed by atoms with Crippen molar-refractivity contribution in [2.24, 2.45) is 5.92 Å². The fraction of sp³-hybridized carbons (Fsp3) is 0.500. The van der Waals surface area contributed by atoms with Crippen LogP contribution in [0.3, 0.4) is 0 Å². The van der Waals surface area contributed by atoms with Gasteiger partial charge in [-0.05, 0) is 49.4 Å². The van der Waals surface area contributed by atoms with E-state index in [4.69, 9.17) is 9.47 Å². The zero-order valence-electron chi connectivity index (χ0n) is 21.8. The van der Waals surface area contributed by atoms with Gasteiger partial charge in [0.25, 0.3) is 0 Å². The molecule has 36 heavy (non-hydrogen) atoms. The lowest BCUT2D eigenvalue weighted by Crippen LogP contribution is -2.48. The van der Waals surface area contributed by atoms with Crippen molar-refractivity contribution < 1.29 is 27.8 Å². The molecule has 9 nitrogen and oxygen atoms in total. The molecule has 3 atom stereocenters. The number of nitrogens with zero attached hydrogens (tertiary/aromatic N) is 3. The van der Waals surface area contributed by atoms with Crippen LogP contribution in [0.5, 0.6) is 11.5 Å². The van der Waals surface area contributed by atoms with E-state index in [2.05, 4.69) is 0 Å². The van der Waals surface area contributed by atoms with Crippen molar-refractivity contribution in [3.05, 3.63) is 48.0 Å². The van der Waals surface area contributed by atoms with E-state index in [9.17, 15) is 18.3 Å². The third-order valence-electron chi connectivity index (χ3n) is 6.62. The highest BCUT2D eigenvalue weighted by molar-refractivity contribution is 7.89. The average Bonchev–Trinajstić information content (AvgIpc) is 2.90. The van der Waals surface area contributed by atoms with Crippen LogP contribution in [0.25, 0.3) is 0 Å². The van der Waals surface area contributed by atoms with Crippen LogP contribution in [-0.2, 0) is 21.2 Å². The molecule has 10 heteroatoms. The number of hydrogen-bond donors (Lipinski definition) is 1. The second-order valence-corrected chi connectivity index (χ2v) is 11.6. The lowest BCUT2D eigenvalue weighted by atomic mass is 10.0. The summed E-state index contributed by atoms with van der Waals surface area (Å²) in [5.74, 6) is 0.806. The normalized spacial score (nSPS) is 19.6. The smallest absolute Gasteiger partial charge is 0.242 e. The zero-order chi connectivity index (χ0) is 26.6.